The number of hydrogen-bond acceptors (Lipinski definition) is 3. The van der Waals surface area contributed by atoms with Crippen LogP contribution in [0, 0.1) is 6.85 Å². The Bertz CT molecular complexity index is 601. The summed E-state index contributed by atoms with van der Waals surface area (Å²) in [5, 5.41) is 0. The van der Waals surface area contributed by atoms with Gasteiger partial charge in [-0.1, -0.05) is 0 Å². The first kappa shape index (κ1) is 6.17. The monoisotopic (exact) mass is 225 g/mol. The number of nitrogens with zero attached hydrogens (tertiary/aromatic N) is 1. The van der Waals surface area contributed by atoms with E-state index in [0.29, 0.717) is 0 Å². The second-order valence-corrected chi connectivity index (χ2v) is 4.84. The van der Waals surface area contributed by atoms with Gasteiger partial charge >= 0.3 is 7.12 Å². The van der Waals surface area contributed by atoms with E-state index in [9.17, 15) is 0 Å². The average molecular weight is 225 g/mol. The maximum atomic E-state index is 7.99. The van der Waals surface area contributed by atoms with E-state index in [1.54, 1.807) is 27.7 Å². The second-order valence-electron chi connectivity index (χ2n) is 4.84. The van der Waals surface area contributed by atoms with Gasteiger partial charge in [0.05, 0.1) is 15.3 Å². The molecule has 1 fully saturated rings. The Morgan fingerprint density at radius 2 is 1.94 bits per heavy atom. The van der Waals surface area contributed by atoms with E-state index in [0.717, 1.165) is 0 Å². The molecule has 16 heavy (non-hydrogen) atoms. The summed E-state index contributed by atoms with van der Waals surface area (Å²) in [6.07, 6.45) is -1.02. The Morgan fingerprint density at radius 1 is 1.31 bits per heavy atom. The van der Waals surface area contributed by atoms with Crippen LogP contribution in [0.3, 0.4) is 0 Å². The van der Waals surface area contributed by atoms with Gasteiger partial charge in [0.15, 0.2) is 0 Å². The van der Waals surface area contributed by atoms with E-state index in [-0.39, 0.29) is 11.5 Å². The van der Waals surface area contributed by atoms with Crippen LogP contribution in [0.1, 0.15) is 41.5 Å². The molecule has 0 atom stereocenters. The van der Waals surface area contributed by atoms with Crippen LogP contribution in [0.4, 0.5) is 0 Å². The number of hydrogen-bond donors (Lipinski definition) is 0. The van der Waals surface area contributed by atoms with Crippen molar-refractivity contribution < 1.29 is 17.5 Å². The fourth-order valence-corrected chi connectivity index (χ4v) is 1.43. The highest BCUT2D eigenvalue weighted by molar-refractivity contribution is 6.62. The highest BCUT2D eigenvalue weighted by Crippen LogP contribution is 2.36. The lowest BCUT2D eigenvalue weighted by atomic mass is 9.77. The topological polar surface area (TPSA) is 31.4 Å². The first-order valence-electron chi connectivity index (χ1n) is 8.12. The van der Waals surface area contributed by atoms with Crippen LogP contribution in [-0.2, 0) is 9.31 Å². The van der Waals surface area contributed by atoms with E-state index in [1.807, 2.05) is 0 Å². The molecule has 0 aliphatic carbocycles. The van der Waals surface area contributed by atoms with E-state index in [2.05, 4.69) is 4.98 Å². The Kier molecular flexibility index (Phi) is 1.38. The zero-order valence-corrected chi connectivity index (χ0v) is 9.84. The lowest BCUT2D eigenvalue weighted by molar-refractivity contribution is 0.00578. The van der Waals surface area contributed by atoms with Gasteiger partial charge in [-0.3, -0.25) is 4.98 Å². The van der Waals surface area contributed by atoms with Crippen molar-refractivity contribution in [2.45, 2.75) is 45.7 Å². The van der Waals surface area contributed by atoms with Crippen molar-refractivity contribution in [1.29, 1.82) is 0 Å². The first-order valence-corrected chi connectivity index (χ1v) is 5.12. The minimum Gasteiger partial charge on any atom is -0.399 e. The van der Waals surface area contributed by atoms with Crippen molar-refractivity contribution in [2.75, 3.05) is 0 Å². The first-order chi connectivity index (χ1) is 9.78. The Balaban J connectivity index is 2.66. The van der Waals surface area contributed by atoms with E-state index in [1.165, 1.54) is 0 Å². The largest absolute Gasteiger partial charge is 0.495 e. The molecule has 4 heteroatoms. The van der Waals surface area contributed by atoms with E-state index >= 15 is 0 Å². The zero-order valence-electron chi connectivity index (χ0n) is 15.8. The molecule has 0 N–H and O–H groups in total. The molecule has 0 bridgehead atoms. The molecule has 2 heterocycles. The predicted octanol–water partition coefficient (Wildman–Crippen LogP) is 1.69. The molecule has 0 aromatic carbocycles. The molecule has 1 aromatic rings. The number of aromatic nitrogens is 1. The quantitative estimate of drug-likeness (QED) is 0.681. The van der Waals surface area contributed by atoms with Crippen LogP contribution in [0.5, 0.6) is 0 Å². The van der Waals surface area contributed by atoms with E-state index in [4.69, 9.17) is 17.5 Å². The Morgan fingerprint density at radius 3 is 2.50 bits per heavy atom. The van der Waals surface area contributed by atoms with Crippen LogP contribution in [0.15, 0.2) is 18.4 Å². The van der Waals surface area contributed by atoms with E-state index < -0.39 is 43.1 Å². The normalized spacial score (nSPS) is 28.6. The molecule has 0 radical (unpaired) electrons. The summed E-state index contributed by atoms with van der Waals surface area (Å²) in [6, 6.07) is -0.388. The number of rotatable bonds is 1. The molecule has 1 aromatic heterocycles. The van der Waals surface area contributed by atoms with Gasteiger partial charge in [0.25, 0.3) is 0 Å². The summed E-state index contributed by atoms with van der Waals surface area (Å²) in [5.74, 6) is 0. The number of pyridine rings is 1. The van der Waals surface area contributed by atoms with Gasteiger partial charge in [0.1, 0.15) is 0 Å². The van der Waals surface area contributed by atoms with Crippen LogP contribution in [0.25, 0.3) is 0 Å². The SMILES string of the molecule is [2H]c1nc([2H])c(C([2H])([2H])[2H])c(B2OC(C)(C)C(C)(C)O2)c1[2H]. The molecule has 0 saturated carbocycles. The summed E-state index contributed by atoms with van der Waals surface area (Å²) >= 11 is 0. The fourth-order valence-electron chi connectivity index (χ4n) is 1.43. The maximum Gasteiger partial charge on any atom is 0.495 e. The lowest BCUT2D eigenvalue weighted by Gasteiger charge is -2.32. The van der Waals surface area contributed by atoms with Gasteiger partial charge in [-0.15, -0.1) is 0 Å². The molecule has 0 spiro atoms. The molecular weight excluding hydrogens is 201 g/mol. The van der Waals surface area contributed by atoms with Crippen LogP contribution in [-0.4, -0.2) is 23.3 Å². The molecule has 3 nitrogen and oxygen atoms in total. The summed E-state index contributed by atoms with van der Waals surface area (Å²) in [4.78, 5) is 3.52. The Hall–Kier alpha value is -0.865. The zero-order chi connectivity index (χ0) is 17.1. The molecule has 1 saturated heterocycles. The molecule has 1 aliphatic rings. The molecule has 0 unspecified atom stereocenters. The minimum atomic E-state index is -2.65. The molecule has 0 amide bonds. The summed E-state index contributed by atoms with van der Waals surface area (Å²) < 4.78 is 57.8. The predicted molar refractivity (Wildman–Crippen MR) is 64.7 cm³/mol. The van der Waals surface area contributed by atoms with Gasteiger partial charge in [0, 0.05) is 16.5 Å². The smallest absolute Gasteiger partial charge is 0.399 e. The third-order valence-electron chi connectivity index (χ3n) is 3.17. The molecule has 1 aliphatic heterocycles. The van der Waals surface area contributed by atoms with Gasteiger partial charge in [-0.2, -0.15) is 0 Å². The lowest BCUT2D eigenvalue weighted by Crippen LogP contribution is -2.41. The second kappa shape index (κ2) is 3.57. The molecule has 86 valence electrons. The summed E-state index contributed by atoms with van der Waals surface area (Å²) in [5.41, 5.74) is -1.94. The highest BCUT2D eigenvalue weighted by atomic mass is 16.7. The minimum absolute atomic E-state index is 0.108. The van der Waals surface area contributed by atoms with Crippen LogP contribution >= 0.6 is 0 Å². The summed E-state index contributed by atoms with van der Waals surface area (Å²) in [6.45, 7) is 4.56. The van der Waals surface area contributed by atoms with Crippen LogP contribution < -0.4 is 5.46 Å². The molecular formula is C12H18BNO2. The fraction of sp³-hybridized carbons (Fsp3) is 0.583. The third kappa shape index (κ3) is 1.76. The van der Waals surface area contributed by atoms with Crippen molar-refractivity contribution in [3.8, 4) is 0 Å². The van der Waals surface area contributed by atoms with Crippen molar-refractivity contribution in [3.05, 3.63) is 24.0 Å². The van der Waals surface area contributed by atoms with Gasteiger partial charge in [-0.25, -0.2) is 0 Å². The third-order valence-corrected chi connectivity index (χ3v) is 3.17. The van der Waals surface area contributed by atoms with Crippen molar-refractivity contribution in [3.63, 3.8) is 0 Å². The maximum absolute atomic E-state index is 7.99. The van der Waals surface area contributed by atoms with Gasteiger partial charge in [-0.05, 0) is 51.6 Å². The summed E-state index contributed by atoms with van der Waals surface area (Å²) in [7, 11) is -1.12. The standard InChI is InChI=1S/C12H18BNO2/c1-9-8-14-7-6-10(9)13-15-11(2,3)12(4,5)16-13/h6-8H,1-5H3/i1D3,6D,7D,8D. The van der Waals surface area contributed by atoms with Crippen molar-refractivity contribution >= 4 is 12.6 Å². The average Bonchev–Trinajstić information content (AvgIpc) is 2.50. The van der Waals surface area contributed by atoms with Crippen LogP contribution in [0.2, 0.25) is 0 Å². The van der Waals surface area contributed by atoms with Crippen molar-refractivity contribution in [1.82, 2.24) is 4.98 Å². The van der Waals surface area contributed by atoms with Gasteiger partial charge in [0.2, 0.25) is 0 Å². The molecule has 2 rings (SSSR count). The van der Waals surface area contributed by atoms with Crippen molar-refractivity contribution in [2.24, 2.45) is 0 Å². The highest BCUT2D eigenvalue weighted by Gasteiger charge is 2.51. The van der Waals surface area contributed by atoms with Gasteiger partial charge < -0.3 is 9.31 Å². The Labute approximate surface area is 106 Å².